The Morgan fingerprint density at radius 3 is 2.79 bits per heavy atom. The second kappa shape index (κ2) is 5.77. The van der Waals surface area contributed by atoms with Crippen molar-refractivity contribution in [1.29, 1.82) is 0 Å². The molecule has 1 aliphatic rings. The lowest BCUT2D eigenvalue weighted by Gasteiger charge is -2.26. The van der Waals surface area contributed by atoms with Gasteiger partial charge >= 0.3 is 12.3 Å². The summed E-state index contributed by atoms with van der Waals surface area (Å²) in [4.78, 5) is 0. The fraction of sp³-hybridized carbons (Fsp3) is 0.538. The molecule has 0 saturated carbocycles. The third kappa shape index (κ3) is 3.37. The average Bonchev–Trinajstić information content (AvgIpc) is 2.38. The number of ether oxygens (including phenoxy) is 1. The molecule has 0 aliphatic carbocycles. The molecule has 106 valence electrons. The van der Waals surface area contributed by atoms with Gasteiger partial charge in [0.15, 0.2) is 0 Å². The van der Waals surface area contributed by atoms with Crippen LogP contribution in [0.25, 0.3) is 0 Å². The van der Waals surface area contributed by atoms with Gasteiger partial charge in [0.2, 0.25) is 0 Å². The van der Waals surface area contributed by atoms with Gasteiger partial charge in [-0.15, -0.1) is 0 Å². The van der Waals surface area contributed by atoms with E-state index in [0.717, 1.165) is 11.3 Å². The van der Waals surface area contributed by atoms with Crippen molar-refractivity contribution in [2.45, 2.75) is 24.7 Å². The molecule has 19 heavy (non-hydrogen) atoms. The Hall–Kier alpha value is -1.30. The Morgan fingerprint density at radius 2 is 2.05 bits per heavy atom. The van der Waals surface area contributed by atoms with Crippen LogP contribution in [0, 0.1) is 0 Å². The average molecular weight is 277 g/mol. The van der Waals surface area contributed by atoms with E-state index in [2.05, 4.69) is 5.32 Å². The molecule has 0 spiro atoms. The van der Waals surface area contributed by atoms with Gasteiger partial charge in [-0.1, -0.05) is 18.2 Å². The molecule has 1 atom stereocenters. The summed E-state index contributed by atoms with van der Waals surface area (Å²) in [6.45, 7) is -0.262. The summed E-state index contributed by atoms with van der Waals surface area (Å²) in [5.41, 5.74) is 0.932. The summed E-state index contributed by atoms with van der Waals surface area (Å²) in [6, 6.07) is 7.36. The number of fused-ring (bicyclic) bond motifs is 1. The summed E-state index contributed by atoms with van der Waals surface area (Å²) in [5.74, 6) is -3.23. The highest BCUT2D eigenvalue weighted by atomic mass is 19.3. The first kappa shape index (κ1) is 14.1. The van der Waals surface area contributed by atoms with Crippen molar-refractivity contribution < 1.29 is 22.3 Å². The van der Waals surface area contributed by atoms with E-state index in [1.165, 1.54) is 0 Å². The van der Waals surface area contributed by atoms with E-state index in [1.807, 2.05) is 24.3 Å². The zero-order valence-corrected chi connectivity index (χ0v) is 10.2. The molecule has 1 unspecified atom stereocenters. The Balaban J connectivity index is 1.91. The number of para-hydroxylation sites is 1. The van der Waals surface area contributed by atoms with Gasteiger partial charge in [-0.25, -0.2) is 8.78 Å². The first-order valence-corrected chi connectivity index (χ1v) is 6.09. The molecular weight excluding hydrogens is 262 g/mol. The van der Waals surface area contributed by atoms with E-state index >= 15 is 0 Å². The number of nitrogens with one attached hydrogen (secondary N) is 1. The maximum absolute atomic E-state index is 12.8. The van der Waals surface area contributed by atoms with E-state index in [1.54, 1.807) is 0 Å². The molecular formula is C13H15F4NO. The van der Waals surface area contributed by atoms with E-state index in [9.17, 15) is 17.6 Å². The highest BCUT2D eigenvalue weighted by molar-refractivity contribution is 5.37. The van der Waals surface area contributed by atoms with E-state index in [-0.39, 0.29) is 12.5 Å². The fourth-order valence-corrected chi connectivity index (χ4v) is 2.12. The van der Waals surface area contributed by atoms with Crippen LogP contribution < -0.4 is 10.1 Å². The van der Waals surface area contributed by atoms with Crippen LogP contribution in [-0.4, -0.2) is 32.0 Å². The molecule has 1 aromatic carbocycles. The molecule has 0 radical (unpaired) electrons. The monoisotopic (exact) mass is 277 g/mol. The largest absolute Gasteiger partial charge is 0.493 e. The SMILES string of the molecule is FC(F)C(F)(F)CNCC1CCOc2ccccc21. The maximum Gasteiger partial charge on any atom is 0.319 e. The van der Waals surface area contributed by atoms with Gasteiger partial charge in [-0.2, -0.15) is 8.78 Å². The van der Waals surface area contributed by atoms with Crippen LogP contribution >= 0.6 is 0 Å². The van der Waals surface area contributed by atoms with E-state index in [4.69, 9.17) is 4.74 Å². The standard InChI is InChI=1S/C13H15F4NO/c14-12(15)13(16,17)8-18-7-9-5-6-19-11-4-2-1-3-10(9)11/h1-4,9,12,18H,5-8H2. The van der Waals surface area contributed by atoms with Crippen LogP contribution in [-0.2, 0) is 0 Å². The highest BCUT2D eigenvalue weighted by Crippen LogP contribution is 2.33. The lowest BCUT2D eigenvalue weighted by Crippen LogP contribution is -2.40. The second-order valence-corrected chi connectivity index (χ2v) is 4.56. The van der Waals surface area contributed by atoms with Crippen molar-refractivity contribution in [1.82, 2.24) is 5.32 Å². The highest BCUT2D eigenvalue weighted by Gasteiger charge is 2.40. The van der Waals surface area contributed by atoms with Gasteiger partial charge in [0, 0.05) is 12.5 Å². The molecule has 1 heterocycles. The zero-order valence-electron chi connectivity index (χ0n) is 10.2. The maximum atomic E-state index is 12.8. The lowest BCUT2D eigenvalue weighted by molar-refractivity contribution is -0.125. The van der Waals surface area contributed by atoms with Crippen LogP contribution in [0.4, 0.5) is 17.6 Å². The van der Waals surface area contributed by atoms with Crippen molar-refractivity contribution >= 4 is 0 Å². The quantitative estimate of drug-likeness (QED) is 0.835. The number of halogens is 4. The Morgan fingerprint density at radius 1 is 1.32 bits per heavy atom. The first-order valence-electron chi connectivity index (χ1n) is 6.09. The van der Waals surface area contributed by atoms with Crippen molar-refractivity contribution in [3.63, 3.8) is 0 Å². The topological polar surface area (TPSA) is 21.3 Å². The van der Waals surface area contributed by atoms with Crippen LogP contribution in [0.5, 0.6) is 5.75 Å². The van der Waals surface area contributed by atoms with Gasteiger partial charge in [0.05, 0.1) is 13.2 Å². The van der Waals surface area contributed by atoms with Gasteiger partial charge in [0.1, 0.15) is 5.75 Å². The Kier molecular flexibility index (Phi) is 4.29. The minimum Gasteiger partial charge on any atom is -0.493 e. The smallest absolute Gasteiger partial charge is 0.319 e. The second-order valence-electron chi connectivity index (χ2n) is 4.56. The van der Waals surface area contributed by atoms with Gasteiger partial charge in [-0.05, 0) is 18.1 Å². The zero-order chi connectivity index (χ0) is 13.9. The summed E-state index contributed by atoms with van der Waals surface area (Å²) >= 11 is 0. The molecule has 0 fully saturated rings. The molecule has 0 bridgehead atoms. The van der Waals surface area contributed by atoms with Crippen molar-refractivity contribution in [3.8, 4) is 5.75 Å². The van der Waals surface area contributed by atoms with Gasteiger partial charge in [0.25, 0.3) is 0 Å². The summed E-state index contributed by atoms with van der Waals surface area (Å²) in [7, 11) is 0. The number of benzene rings is 1. The predicted octanol–water partition coefficient (Wildman–Crippen LogP) is 3.04. The summed E-state index contributed by atoms with van der Waals surface area (Å²) < 4.78 is 55.0. The molecule has 0 saturated heterocycles. The van der Waals surface area contributed by atoms with Gasteiger partial charge in [-0.3, -0.25) is 0 Å². The number of hydrogen-bond donors (Lipinski definition) is 1. The molecule has 2 nitrogen and oxygen atoms in total. The van der Waals surface area contributed by atoms with Gasteiger partial charge < -0.3 is 10.1 Å². The summed E-state index contributed by atoms with van der Waals surface area (Å²) in [5, 5.41) is 2.43. The van der Waals surface area contributed by atoms with Crippen molar-refractivity contribution in [3.05, 3.63) is 29.8 Å². The fourth-order valence-electron chi connectivity index (χ4n) is 2.12. The predicted molar refractivity (Wildman–Crippen MR) is 63.1 cm³/mol. The van der Waals surface area contributed by atoms with Crippen LogP contribution in [0.15, 0.2) is 24.3 Å². The molecule has 0 aromatic heterocycles. The van der Waals surface area contributed by atoms with Crippen LogP contribution in [0.1, 0.15) is 17.9 Å². The minimum absolute atomic E-state index is 0.0124. The molecule has 1 N–H and O–H groups in total. The summed E-state index contributed by atoms with van der Waals surface area (Å²) in [6.07, 6.45) is -2.95. The Labute approximate surface area is 108 Å². The van der Waals surface area contributed by atoms with Crippen molar-refractivity contribution in [2.24, 2.45) is 0 Å². The lowest BCUT2D eigenvalue weighted by atomic mass is 9.93. The van der Waals surface area contributed by atoms with Crippen molar-refractivity contribution in [2.75, 3.05) is 19.7 Å². The van der Waals surface area contributed by atoms with Crippen LogP contribution in [0.2, 0.25) is 0 Å². The third-order valence-electron chi connectivity index (χ3n) is 3.15. The molecule has 1 aliphatic heterocycles. The molecule has 0 amide bonds. The molecule has 6 heteroatoms. The Bertz CT molecular complexity index is 425. The van der Waals surface area contributed by atoms with E-state index in [0.29, 0.717) is 13.0 Å². The minimum atomic E-state index is -3.98. The number of rotatable bonds is 5. The first-order chi connectivity index (χ1) is 9.00. The van der Waals surface area contributed by atoms with Crippen LogP contribution in [0.3, 0.4) is 0 Å². The number of alkyl halides is 4. The molecule has 2 rings (SSSR count). The number of hydrogen-bond acceptors (Lipinski definition) is 2. The normalized spacial score (nSPS) is 19.1. The van der Waals surface area contributed by atoms with E-state index < -0.39 is 18.9 Å². The molecule has 1 aromatic rings. The third-order valence-corrected chi connectivity index (χ3v) is 3.15.